The lowest BCUT2D eigenvalue weighted by Crippen LogP contribution is -2.21. The Morgan fingerprint density at radius 1 is 1.18 bits per heavy atom. The SMILES string of the molecule is C=CCn1c(=O)c2cnc(Nc3ccc4c(ccn4CCN(C)C)n3)nc2n1-c1cccc(C2(O)CC2)c1. The van der Waals surface area contributed by atoms with Crippen molar-refractivity contribution in [2.45, 2.75) is 31.5 Å². The second kappa shape index (κ2) is 9.23. The van der Waals surface area contributed by atoms with E-state index in [1.807, 2.05) is 48.7 Å². The molecule has 38 heavy (non-hydrogen) atoms. The summed E-state index contributed by atoms with van der Waals surface area (Å²) in [7, 11) is 4.11. The number of aromatic nitrogens is 6. The lowest BCUT2D eigenvalue weighted by Gasteiger charge is -2.14. The number of hydrogen-bond acceptors (Lipinski definition) is 7. The monoisotopic (exact) mass is 510 g/mol. The Hall–Kier alpha value is -4.28. The first-order chi connectivity index (χ1) is 18.4. The molecule has 0 atom stereocenters. The Labute approximate surface area is 219 Å². The molecule has 0 spiro atoms. The van der Waals surface area contributed by atoms with Crippen LogP contribution in [0.3, 0.4) is 0 Å². The van der Waals surface area contributed by atoms with Crippen molar-refractivity contribution in [3.05, 3.63) is 83.4 Å². The number of aliphatic hydroxyl groups is 1. The van der Waals surface area contributed by atoms with E-state index in [-0.39, 0.29) is 5.56 Å². The molecule has 0 bridgehead atoms. The fourth-order valence-electron chi connectivity index (χ4n) is 4.73. The fourth-order valence-corrected chi connectivity index (χ4v) is 4.73. The number of benzene rings is 1. The summed E-state index contributed by atoms with van der Waals surface area (Å²) in [6.45, 7) is 5.93. The number of allylic oxidation sites excluding steroid dienone is 1. The number of nitrogens with one attached hydrogen (secondary N) is 1. The zero-order valence-corrected chi connectivity index (χ0v) is 21.5. The Bertz CT molecular complexity index is 1720. The lowest BCUT2D eigenvalue weighted by atomic mass is 10.1. The smallest absolute Gasteiger partial charge is 0.278 e. The van der Waals surface area contributed by atoms with Crippen LogP contribution in [0.1, 0.15) is 18.4 Å². The highest BCUT2D eigenvalue weighted by molar-refractivity contribution is 5.79. The van der Waals surface area contributed by atoms with Crippen LogP contribution in [0.4, 0.5) is 11.8 Å². The third-order valence-electron chi connectivity index (χ3n) is 6.98. The second-order valence-electron chi connectivity index (χ2n) is 10.0. The molecule has 0 radical (unpaired) electrons. The number of anilines is 2. The third-order valence-corrected chi connectivity index (χ3v) is 6.98. The molecular weight excluding hydrogens is 480 g/mol. The molecule has 1 aromatic carbocycles. The minimum Gasteiger partial charge on any atom is -0.385 e. The minimum atomic E-state index is -0.792. The predicted molar refractivity (Wildman–Crippen MR) is 148 cm³/mol. The van der Waals surface area contributed by atoms with Gasteiger partial charge in [0.05, 0.1) is 28.9 Å². The van der Waals surface area contributed by atoms with Crippen LogP contribution in [0.2, 0.25) is 0 Å². The highest BCUT2D eigenvalue weighted by Crippen LogP contribution is 2.45. The summed E-state index contributed by atoms with van der Waals surface area (Å²) in [6, 6.07) is 13.5. The van der Waals surface area contributed by atoms with Gasteiger partial charge in [-0.05, 0) is 62.8 Å². The summed E-state index contributed by atoms with van der Waals surface area (Å²) in [4.78, 5) is 29.3. The molecule has 4 aromatic heterocycles. The number of fused-ring (bicyclic) bond motifs is 2. The van der Waals surface area contributed by atoms with Crippen molar-refractivity contribution in [1.82, 2.24) is 33.8 Å². The van der Waals surface area contributed by atoms with Gasteiger partial charge < -0.3 is 19.9 Å². The van der Waals surface area contributed by atoms with Crippen LogP contribution < -0.4 is 10.9 Å². The van der Waals surface area contributed by atoms with Gasteiger partial charge in [-0.2, -0.15) is 4.98 Å². The third kappa shape index (κ3) is 4.27. The van der Waals surface area contributed by atoms with Gasteiger partial charge in [0, 0.05) is 25.5 Å². The Kier molecular flexibility index (Phi) is 5.85. The van der Waals surface area contributed by atoms with Gasteiger partial charge in [0.2, 0.25) is 5.95 Å². The van der Waals surface area contributed by atoms with Crippen LogP contribution in [0.5, 0.6) is 0 Å². The highest BCUT2D eigenvalue weighted by Gasteiger charge is 2.42. The van der Waals surface area contributed by atoms with E-state index in [9.17, 15) is 9.90 Å². The maximum atomic E-state index is 13.2. The summed E-state index contributed by atoms with van der Waals surface area (Å²) >= 11 is 0. The Morgan fingerprint density at radius 3 is 2.79 bits per heavy atom. The molecular formula is C28H30N8O2. The molecule has 1 saturated carbocycles. The summed E-state index contributed by atoms with van der Waals surface area (Å²) in [5.74, 6) is 0.942. The van der Waals surface area contributed by atoms with Crippen molar-refractivity contribution in [2.75, 3.05) is 26.0 Å². The Balaban J connectivity index is 1.38. The van der Waals surface area contributed by atoms with Crippen LogP contribution in [0.15, 0.2) is 72.3 Å². The van der Waals surface area contributed by atoms with Gasteiger partial charge in [-0.15, -0.1) is 6.58 Å². The number of likely N-dealkylation sites (N-methyl/N-ethyl adjacent to an activating group) is 1. The van der Waals surface area contributed by atoms with Gasteiger partial charge in [0.15, 0.2) is 5.65 Å². The summed E-state index contributed by atoms with van der Waals surface area (Å²) in [5.41, 5.74) is 2.96. The first kappa shape index (κ1) is 24.1. The number of nitrogens with zero attached hydrogens (tertiary/aromatic N) is 7. The molecule has 0 amide bonds. The second-order valence-corrected chi connectivity index (χ2v) is 10.0. The largest absolute Gasteiger partial charge is 0.385 e. The van der Waals surface area contributed by atoms with Crippen molar-refractivity contribution in [3.63, 3.8) is 0 Å². The van der Waals surface area contributed by atoms with E-state index in [1.165, 1.54) is 6.20 Å². The molecule has 6 rings (SSSR count). The van der Waals surface area contributed by atoms with E-state index < -0.39 is 5.60 Å². The molecule has 2 N–H and O–H groups in total. The molecule has 1 aliphatic rings. The Morgan fingerprint density at radius 2 is 2.03 bits per heavy atom. The fraction of sp³-hybridized carbons (Fsp3) is 0.286. The van der Waals surface area contributed by atoms with Crippen molar-refractivity contribution in [3.8, 4) is 5.69 Å². The van der Waals surface area contributed by atoms with E-state index in [1.54, 1.807) is 15.4 Å². The van der Waals surface area contributed by atoms with Crippen molar-refractivity contribution in [1.29, 1.82) is 0 Å². The molecule has 10 nitrogen and oxygen atoms in total. The normalized spacial score (nSPS) is 14.4. The van der Waals surface area contributed by atoms with E-state index in [0.29, 0.717) is 29.3 Å². The first-order valence-corrected chi connectivity index (χ1v) is 12.7. The molecule has 1 fully saturated rings. The molecule has 0 unspecified atom stereocenters. The maximum Gasteiger partial charge on any atom is 0.278 e. The van der Waals surface area contributed by atoms with Crippen LogP contribution in [-0.2, 0) is 18.7 Å². The molecule has 10 heteroatoms. The highest BCUT2D eigenvalue weighted by atomic mass is 16.3. The van der Waals surface area contributed by atoms with Gasteiger partial charge in [-0.3, -0.25) is 4.79 Å². The van der Waals surface area contributed by atoms with Gasteiger partial charge in [0.1, 0.15) is 11.2 Å². The maximum absolute atomic E-state index is 13.2. The van der Waals surface area contributed by atoms with Crippen LogP contribution >= 0.6 is 0 Å². The van der Waals surface area contributed by atoms with Crippen LogP contribution in [0.25, 0.3) is 27.8 Å². The first-order valence-electron chi connectivity index (χ1n) is 12.7. The van der Waals surface area contributed by atoms with Crippen LogP contribution in [0, 0.1) is 0 Å². The minimum absolute atomic E-state index is 0.208. The molecule has 5 aromatic rings. The topological polar surface area (TPSA) is 106 Å². The average Bonchev–Trinajstić information content (AvgIpc) is 3.44. The van der Waals surface area contributed by atoms with E-state index in [2.05, 4.69) is 40.4 Å². The van der Waals surface area contributed by atoms with E-state index >= 15 is 0 Å². The molecule has 0 saturated heterocycles. The van der Waals surface area contributed by atoms with Crippen molar-refractivity contribution < 1.29 is 5.11 Å². The van der Waals surface area contributed by atoms with Crippen molar-refractivity contribution in [2.24, 2.45) is 0 Å². The molecule has 194 valence electrons. The van der Waals surface area contributed by atoms with E-state index in [0.717, 1.165) is 48.2 Å². The van der Waals surface area contributed by atoms with Gasteiger partial charge >= 0.3 is 0 Å². The summed E-state index contributed by atoms with van der Waals surface area (Å²) in [6.07, 6.45) is 6.72. The quantitative estimate of drug-likeness (QED) is 0.293. The average molecular weight is 511 g/mol. The zero-order valence-electron chi connectivity index (χ0n) is 21.5. The van der Waals surface area contributed by atoms with Crippen molar-refractivity contribution >= 4 is 33.8 Å². The standard InChI is InChI=1S/C28H30N8O2/c1-4-13-35-26(37)21-18-29-27(31-24-9-8-23-22(30-24)10-14-34(23)16-15-33(2)3)32-25(21)36(35)20-7-5-6-19(17-20)28(38)11-12-28/h4-10,14,17-18,38H,1,11-13,15-16H2,2-3H3,(H,29,30,31,32). The van der Waals surface area contributed by atoms with Gasteiger partial charge in [0.25, 0.3) is 5.56 Å². The summed E-state index contributed by atoms with van der Waals surface area (Å²) in [5, 5.41) is 14.3. The zero-order chi connectivity index (χ0) is 26.4. The lowest BCUT2D eigenvalue weighted by molar-refractivity contribution is 0.151. The molecule has 4 heterocycles. The number of rotatable bonds is 9. The predicted octanol–water partition coefficient (Wildman–Crippen LogP) is 3.40. The summed E-state index contributed by atoms with van der Waals surface area (Å²) < 4.78 is 5.53. The number of pyridine rings is 1. The van der Waals surface area contributed by atoms with Gasteiger partial charge in [-0.25, -0.2) is 19.3 Å². The van der Waals surface area contributed by atoms with Crippen LogP contribution in [-0.4, -0.2) is 59.5 Å². The molecule has 0 aliphatic heterocycles. The van der Waals surface area contributed by atoms with Gasteiger partial charge in [-0.1, -0.05) is 18.2 Å². The molecule has 1 aliphatic carbocycles. The van der Waals surface area contributed by atoms with E-state index in [4.69, 9.17) is 9.97 Å². The number of hydrogen-bond donors (Lipinski definition) is 2.